The molecule has 2 heterocycles. The molecule has 2 aromatic rings. The van der Waals surface area contributed by atoms with Crippen LogP contribution in [0, 0.1) is 6.92 Å². The number of hydrogen-bond donors (Lipinski definition) is 1. The number of amides is 2. The third kappa shape index (κ3) is 3.51. The first kappa shape index (κ1) is 23.7. The minimum atomic E-state index is -1.71. The van der Waals surface area contributed by atoms with Crippen molar-refractivity contribution in [3.63, 3.8) is 0 Å². The van der Waals surface area contributed by atoms with E-state index in [0.29, 0.717) is 36.4 Å². The summed E-state index contributed by atoms with van der Waals surface area (Å²) >= 11 is 0. The van der Waals surface area contributed by atoms with Crippen molar-refractivity contribution in [1.29, 1.82) is 0 Å². The van der Waals surface area contributed by atoms with Crippen LogP contribution < -0.4 is 4.90 Å². The molecule has 4 rings (SSSR count). The fourth-order valence-corrected chi connectivity index (χ4v) is 4.93. The number of unbranched alkanes of at least 4 members (excludes halogenated alkanes) is 1. The third-order valence-corrected chi connectivity index (χ3v) is 6.60. The molecule has 0 radical (unpaired) electrons. The molecule has 178 valence electrons. The van der Waals surface area contributed by atoms with Crippen molar-refractivity contribution in [3.8, 4) is 0 Å². The average molecular weight is 463 g/mol. The molecule has 2 aliphatic heterocycles. The van der Waals surface area contributed by atoms with Crippen LogP contribution in [0.1, 0.15) is 42.9 Å². The molecule has 1 saturated heterocycles. The number of ketones is 1. The van der Waals surface area contributed by atoms with Crippen LogP contribution in [0.2, 0.25) is 0 Å². The van der Waals surface area contributed by atoms with E-state index in [1.807, 2.05) is 38.1 Å². The summed E-state index contributed by atoms with van der Waals surface area (Å²) in [5.41, 5.74) is 0.698. The number of para-hydroxylation sites is 1. The molecule has 2 aliphatic rings. The number of anilines is 1. The summed E-state index contributed by atoms with van der Waals surface area (Å²) in [4.78, 5) is 44.0. The molecule has 7 heteroatoms. The van der Waals surface area contributed by atoms with Gasteiger partial charge in [0.25, 0.3) is 17.6 Å². The van der Waals surface area contributed by atoms with Crippen molar-refractivity contribution in [1.82, 2.24) is 4.90 Å². The van der Waals surface area contributed by atoms with Crippen molar-refractivity contribution in [2.75, 3.05) is 31.7 Å². The van der Waals surface area contributed by atoms with E-state index < -0.39 is 17.2 Å². The molecule has 1 fully saturated rings. The van der Waals surface area contributed by atoms with Gasteiger partial charge in [0.05, 0.1) is 11.3 Å². The second-order valence-corrected chi connectivity index (χ2v) is 8.76. The molecule has 1 spiro atoms. The molecule has 1 N–H and O–H groups in total. The molecule has 1 atom stereocenters. The zero-order chi connectivity index (χ0) is 24.5. The number of ether oxygens (including phenoxy) is 1. The first-order valence-corrected chi connectivity index (χ1v) is 11.7. The van der Waals surface area contributed by atoms with Gasteiger partial charge in [-0.1, -0.05) is 61.4 Å². The fraction of sp³-hybridized carbons (Fsp3) is 0.370. The van der Waals surface area contributed by atoms with E-state index in [9.17, 15) is 19.5 Å². The van der Waals surface area contributed by atoms with Gasteiger partial charge in [-0.15, -0.1) is 0 Å². The lowest BCUT2D eigenvalue weighted by Crippen LogP contribution is -2.52. The van der Waals surface area contributed by atoms with Crippen LogP contribution >= 0.6 is 0 Å². The highest BCUT2D eigenvalue weighted by Gasteiger charge is 2.66. The van der Waals surface area contributed by atoms with Crippen LogP contribution in [-0.2, 0) is 24.7 Å². The second kappa shape index (κ2) is 9.43. The van der Waals surface area contributed by atoms with E-state index in [2.05, 4.69) is 0 Å². The van der Waals surface area contributed by atoms with E-state index in [4.69, 9.17) is 4.74 Å². The van der Waals surface area contributed by atoms with E-state index in [1.54, 1.807) is 36.3 Å². The SMILES string of the molecule is CCCCN1C(=O)C2(C(=C(O)c3ccc(C)cc3)C(=O)C(=O)N2CCCOC)c2ccccc21. The number of fused-ring (bicyclic) bond motifs is 2. The Balaban J connectivity index is 1.99. The highest BCUT2D eigenvalue weighted by atomic mass is 16.5. The van der Waals surface area contributed by atoms with Crippen molar-refractivity contribution >= 4 is 29.0 Å². The number of aliphatic hydroxyl groups is 1. The predicted molar refractivity (Wildman–Crippen MR) is 129 cm³/mol. The van der Waals surface area contributed by atoms with Crippen molar-refractivity contribution in [2.45, 2.75) is 38.6 Å². The Morgan fingerprint density at radius 3 is 2.38 bits per heavy atom. The maximum absolute atomic E-state index is 14.2. The fourth-order valence-electron chi connectivity index (χ4n) is 4.93. The van der Waals surface area contributed by atoms with Gasteiger partial charge < -0.3 is 19.6 Å². The van der Waals surface area contributed by atoms with Crippen LogP contribution in [0.3, 0.4) is 0 Å². The number of benzene rings is 2. The molecular formula is C27H30N2O5. The van der Waals surface area contributed by atoms with Crippen molar-refractivity contribution < 1.29 is 24.2 Å². The summed E-state index contributed by atoms with van der Waals surface area (Å²) in [6, 6.07) is 14.2. The van der Waals surface area contributed by atoms with Gasteiger partial charge in [-0.25, -0.2) is 0 Å². The lowest BCUT2D eigenvalue weighted by molar-refractivity contribution is -0.143. The van der Waals surface area contributed by atoms with E-state index in [-0.39, 0.29) is 23.8 Å². The van der Waals surface area contributed by atoms with Gasteiger partial charge in [-0.05, 0) is 25.8 Å². The van der Waals surface area contributed by atoms with Crippen LogP contribution in [0.25, 0.3) is 5.76 Å². The number of carbonyl (C=O) groups excluding carboxylic acids is 3. The molecule has 0 saturated carbocycles. The molecule has 34 heavy (non-hydrogen) atoms. The molecule has 0 aliphatic carbocycles. The van der Waals surface area contributed by atoms with Crippen LogP contribution in [-0.4, -0.2) is 54.4 Å². The first-order valence-electron chi connectivity index (χ1n) is 11.7. The number of aryl methyl sites for hydroxylation is 1. The quantitative estimate of drug-likeness (QED) is 0.279. The average Bonchev–Trinajstić information content (AvgIpc) is 3.21. The van der Waals surface area contributed by atoms with E-state index in [1.165, 1.54) is 4.90 Å². The summed E-state index contributed by atoms with van der Waals surface area (Å²) in [7, 11) is 1.56. The largest absolute Gasteiger partial charge is 0.507 e. The monoisotopic (exact) mass is 462 g/mol. The van der Waals surface area contributed by atoms with Crippen LogP contribution in [0.15, 0.2) is 54.1 Å². The molecular weight excluding hydrogens is 432 g/mol. The Kier molecular flexibility index (Phi) is 6.57. The maximum Gasteiger partial charge on any atom is 0.296 e. The number of methoxy groups -OCH3 is 1. The summed E-state index contributed by atoms with van der Waals surface area (Å²) in [5, 5.41) is 11.4. The Morgan fingerprint density at radius 2 is 1.71 bits per heavy atom. The lowest BCUT2D eigenvalue weighted by Gasteiger charge is -2.34. The minimum absolute atomic E-state index is 0.144. The van der Waals surface area contributed by atoms with Crippen LogP contribution in [0.4, 0.5) is 5.69 Å². The summed E-state index contributed by atoms with van der Waals surface area (Å²) in [6.45, 7) is 4.92. The number of likely N-dealkylation sites (tertiary alicyclic amines) is 1. The molecule has 1 unspecified atom stereocenters. The summed E-state index contributed by atoms with van der Waals surface area (Å²) in [5.74, 6) is -2.36. The van der Waals surface area contributed by atoms with Gasteiger partial charge in [-0.2, -0.15) is 0 Å². The maximum atomic E-state index is 14.2. The molecule has 0 aromatic heterocycles. The normalized spacial score (nSPS) is 21.1. The molecule has 0 bridgehead atoms. The number of carbonyl (C=O) groups is 3. The van der Waals surface area contributed by atoms with Gasteiger partial charge in [0.2, 0.25) is 0 Å². The first-order chi connectivity index (χ1) is 16.4. The number of hydrogen-bond acceptors (Lipinski definition) is 5. The zero-order valence-electron chi connectivity index (χ0n) is 19.8. The van der Waals surface area contributed by atoms with Gasteiger partial charge in [0.15, 0.2) is 5.54 Å². The van der Waals surface area contributed by atoms with Crippen molar-refractivity contribution in [2.24, 2.45) is 0 Å². The third-order valence-electron chi connectivity index (χ3n) is 6.60. The minimum Gasteiger partial charge on any atom is -0.507 e. The smallest absolute Gasteiger partial charge is 0.296 e. The number of aliphatic hydroxyl groups excluding tert-OH is 1. The number of Topliss-reactive ketones (excluding diaryl/α,β-unsaturated/α-hetero) is 1. The second-order valence-electron chi connectivity index (χ2n) is 8.76. The van der Waals surface area contributed by atoms with E-state index in [0.717, 1.165) is 18.4 Å². The Morgan fingerprint density at radius 1 is 1.00 bits per heavy atom. The van der Waals surface area contributed by atoms with Crippen molar-refractivity contribution in [3.05, 3.63) is 70.8 Å². The predicted octanol–water partition coefficient (Wildman–Crippen LogP) is 3.75. The standard InChI is InChI=1S/C27H30N2O5/c1-4-5-15-28-21-10-7-6-9-20(21)27(26(28)33)22(23(30)19-13-11-18(2)12-14-19)24(31)25(32)29(27)16-8-17-34-3/h6-7,9-14,30H,4-5,8,15-17H2,1-3H3. The van der Waals surface area contributed by atoms with Gasteiger partial charge in [-0.3, -0.25) is 14.4 Å². The van der Waals surface area contributed by atoms with E-state index >= 15 is 0 Å². The topological polar surface area (TPSA) is 87.2 Å². The zero-order valence-corrected chi connectivity index (χ0v) is 19.8. The lowest BCUT2D eigenvalue weighted by atomic mass is 9.81. The molecule has 2 aromatic carbocycles. The van der Waals surface area contributed by atoms with Gasteiger partial charge >= 0.3 is 0 Å². The Labute approximate surface area is 199 Å². The molecule has 2 amide bonds. The Bertz CT molecular complexity index is 1150. The highest BCUT2D eigenvalue weighted by Crippen LogP contribution is 2.53. The molecule has 7 nitrogen and oxygen atoms in total. The highest BCUT2D eigenvalue weighted by molar-refractivity contribution is 6.50. The van der Waals surface area contributed by atoms with Crippen LogP contribution in [0.5, 0.6) is 0 Å². The number of rotatable bonds is 8. The summed E-state index contributed by atoms with van der Waals surface area (Å²) in [6.07, 6.45) is 2.09. The summed E-state index contributed by atoms with van der Waals surface area (Å²) < 4.78 is 5.16. The number of nitrogens with zero attached hydrogens (tertiary/aromatic N) is 2. The van der Waals surface area contributed by atoms with Gasteiger partial charge in [0.1, 0.15) is 5.76 Å². The van der Waals surface area contributed by atoms with Gasteiger partial charge in [0, 0.05) is 37.9 Å². The Hall–Kier alpha value is -3.45.